The number of halogens is 1. The largest absolute Gasteiger partial charge is 0.495 e. The summed E-state index contributed by atoms with van der Waals surface area (Å²) in [5, 5.41) is 3.28. The van der Waals surface area contributed by atoms with Crippen LogP contribution in [0.15, 0.2) is 30.3 Å². The van der Waals surface area contributed by atoms with Crippen LogP contribution in [0.1, 0.15) is 34.3 Å². The highest BCUT2D eigenvalue weighted by Gasteiger charge is 2.29. The molecule has 0 saturated carbocycles. The molecule has 1 saturated heterocycles. The fraction of sp³-hybridized carbons (Fsp3) is 0.391. The summed E-state index contributed by atoms with van der Waals surface area (Å²) < 4.78 is 10.5. The standard InChI is InChI=1S/C23H27ClN2O4/c1-14-8-15(2)10-17(9-14)23(28)26-7-5-6-16(13-26)22(27)25-19-11-18(24)20(29-3)12-21(19)30-4/h8-12,16H,5-7,13H2,1-4H3,(H,25,27)/t16-/m1/s1. The number of carbonyl (C=O) groups excluding carboxylic acids is 2. The molecule has 0 aromatic heterocycles. The Morgan fingerprint density at radius 3 is 2.33 bits per heavy atom. The maximum absolute atomic E-state index is 13.0. The molecule has 1 fully saturated rings. The summed E-state index contributed by atoms with van der Waals surface area (Å²) in [6, 6.07) is 9.07. The normalized spacial score (nSPS) is 16.2. The molecule has 1 heterocycles. The molecule has 0 unspecified atom stereocenters. The fourth-order valence-corrected chi connectivity index (χ4v) is 4.09. The third-order valence-corrected chi connectivity index (χ3v) is 5.58. The van der Waals surface area contributed by atoms with Crippen LogP contribution >= 0.6 is 11.6 Å². The van der Waals surface area contributed by atoms with Crippen LogP contribution in [-0.2, 0) is 4.79 Å². The van der Waals surface area contributed by atoms with Gasteiger partial charge in [-0.25, -0.2) is 0 Å². The molecular weight excluding hydrogens is 404 g/mol. The zero-order valence-corrected chi connectivity index (χ0v) is 18.5. The number of anilines is 1. The highest BCUT2D eigenvalue weighted by atomic mass is 35.5. The number of nitrogens with zero attached hydrogens (tertiary/aromatic N) is 1. The van der Waals surface area contributed by atoms with Crippen molar-refractivity contribution in [2.75, 3.05) is 32.6 Å². The van der Waals surface area contributed by atoms with E-state index in [4.69, 9.17) is 21.1 Å². The Hall–Kier alpha value is -2.73. The van der Waals surface area contributed by atoms with E-state index >= 15 is 0 Å². The lowest BCUT2D eigenvalue weighted by atomic mass is 9.96. The molecule has 1 aliphatic rings. The van der Waals surface area contributed by atoms with Crippen molar-refractivity contribution in [2.24, 2.45) is 5.92 Å². The summed E-state index contributed by atoms with van der Waals surface area (Å²) in [4.78, 5) is 27.7. The summed E-state index contributed by atoms with van der Waals surface area (Å²) in [6.07, 6.45) is 1.49. The Morgan fingerprint density at radius 1 is 1.03 bits per heavy atom. The molecule has 160 valence electrons. The zero-order chi connectivity index (χ0) is 21.8. The van der Waals surface area contributed by atoms with Gasteiger partial charge in [0.15, 0.2) is 0 Å². The lowest BCUT2D eigenvalue weighted by Crippen LogP contribution is -2.43. The van der Waals surface area contributed by atoms with Gasteiger partial charge in [-0.2, -0.15) is 0 Å². The quantitative estimate of drug-likeness (QED) is 0.760. The number of benzene rings is 2. The second kappa shape index (κ2) is 9.39. The maximum Gasteiger partial charge on any atom is 0.253 e. The van der Waals surface area contributed by atoms with Gasteiger partial charge in [0.05, 0.1) is 30.8 Å². The molecule has 7 heteroatoms. The van der Waals surface area contributed by atoms with Gasteiger partial charge in [-0.15, -0.1) is 0 Å². The molecule has 0 aliphatic carbocycles. The van der Waals surface area contributed by atoms with Crippen LogP contribution in [0.3, 0.4) is 0 Å². The molecule has 1 N–H and O–H groups in total. The van der Waals surface area contributed by atoms with Gasteiger partial charge >= 0.3 is 0 Å². The van der Waals surface area contributed by atoms with E-state index in [2.05, 4.69) is 5.32 Å². The number of nitrogens with one attached hydrogen (secondary N) is 1. The van der Waals surface area contributed by atoms with Crippen molar-refractivity contribution in [3.63, 3.8) is 0 Å². The second-order valence-electron chi connectivity index (χ2n) is 7.64. The topological polar surface area (TPSA) is 67.9 Å². The predicted octanol–water partition coefficient (Wildman–Crippen LogP) is 4.46. The molecule has 1 atom stereocenters. The number of hydrogen-bond donors (Lipinski definition) is 1. The number of aryl methyl sites for hydroxylation is 2. The van der Waals surface area contributed by atoms with Crippen LogP contribution in [0.5, 0.6) is 11.5 Å². The lowest BCUT2D eigenvalue weighted by Gasteiger charge is -2.32. The molecule has 2 aromatic carbocycles. The number of likely N-dealkylation sites (tertiary alicyclic amines) is 1. The van der Waals surface area contributed by atoms with Gasteiger partial charge in [-0.1, -0.05) is 28.8 Å². The number of amides is 2. The van der Waals surface area contributed by atoms with Crippen LogP contribution < -0.4 is 14.8 Å². The zero-order valence-electron chi connectivity index (χ0n) is 17.8. The highest BCUT2D eigenvalue weighted by molar-refractivity contribution is 6.32. The SMILES string of the molecule is COc1cc(OC)c(NC(=O)[C@@H]2CCCN(C(=O)c3cc(C)cc(C)c3)C2)cc1Cl. The van der Waals surface area contributed by atoms with Crippen LogP contribution in [-0.4, -0.2) is 44.0 Å². The first-order valence-electron chi connectivity index (χ1n) is 9.92. The molecule has 0 spiro atoms. The minimum absolute atomic E-state index is 0.0376. The van der Waals surface area contributed by atoms with Gasteiger partial charge in [0.25, 0.3) is 5.91 Å². The van der Waals surface area contributed by atoms with Crippen molar-refractivity contribution < 1.29 is 19.1 Å². The number of piperidine rings is 1. The molecular formula is C23H27ClN2O4. The molecule has 0 radical (unpaired) electrons. The molecule has 3 rings (SSSR count). The summed E-state index contributed by atoms with van der Waals surface area (Å²) in [6.45, 7) is 4.98. The van der Waals surface area contributed by atoms with E-state index in [1.807, 2.05) is 32.0 Å². The first kappa shape index (κ1) is 22.0. The number of hydrogen-bond acceptors (Lipinski definition) is 4. The smallest absolute Gasteiger partial charge is 0.253 e. The first-order chi connectivity index (χ1) is 14.3. The van der Waals surface area contributed by atoms with E-state index in [-0.39, 0.29) is 17.7 Å². The molecule has 2 amide bonds. The third-order valence-electron chi connectivity index (χ3n) is 5.28. The Labute approximate surface area is 182 Å². The van der Waals surface area contributed by atoms with Crippen molar-refractivity contribution in [3.8, 4) is 11.5 Å². The average Bonchev–Trinajstić information content (AvgIpc) is 2.72. The maximum atomic E-state index is 13.0. The van der Waals surface area contributed by atoms with E-state index in [9.17, 15) is 9.59 Å². The third kappa shape index (κ3) is 4.87. The molecule has 0 bridgehead atoms. The van der Waals surface area contributed by atoms with Gasteiger partial charge in [-0.3, -0.25) is 9.59 Å². The Morgan fingerprint density at radius 2 is 1.70 bits per heavy atom. The number of methoxy groups -OCH3 is 2. The van der Waals surface area contributed by atoms with Gasteiger partial charge < -0.3 is 19.7 Å². The number of carbonyl (C=O) groups is 2. The Kier molecular flexibility index (Phi) is 6.87. The fourth-order valence-electron chi connectivity index (χ4n) is 3.85. The lowest BCUT2D eigenvalue weighted by molar-refractivity contribution is -0.121. The molecule has 6 nitrogen and oxygen atoms in total. The molecule has 30 heavy (non-hydrogen) atoms. The molecule has 1 aliphatic heterocycles. The van der Waals surface area contributed by atoms with Gasteiger partial charge in [-0.05, 0) is 44.9 Å². The van der Waals surface area contributed by atoms with Crippen LogP contribution in [0.25, 0.3) is 0 Å². The minimum atomic E-state index is -0.306. The second-order valence-corrected chi connectivity index (χ2v) is 8.05. The highest BCUT2D eigenvalue weighted by Crippen LogP contribution is 2.36. The average molecular weight is 431 g/mol. The van der Waals surface area contributed by atoms with E-state index in [0.29, 0.717) is 47.3 Å². The Bertz CT molecular complexity index is 940. The van der Waals surface area contributed by atoms with E-state index in [1.165, 1.54) is 14.2 Å². The van der Waals surface area contributed by atoms with Crippen LogP contribution in [0.2, 0.25) is 5.02 Å². The van der Waals surface area contributed by atoms with Gasteiger partial charge in [0.1, 0.15) is 11.5 Å². The van der Waals surface area contributed by atoms with Gasteiger partial charge in [0.2, 0.25) is 5.91 Å². The number of ether oxygens (including phenoxy) is 2. The first-order valence-corrected chi connectivity index (χ1v) is 10.3. The summed E-state index contributed by atoms with van der Waals surface area (Å²) in [7, 11) is 3.03. The predicted molar refractivity (Wildman–Crippen MR) is 118 cm³/mol. The summed E-state index contributed by atoms with van der Waals surface area (Å²) in [5.41, 5.74) is 3.24. The van der Waals surface area contributed by atoms with Crippen LogP contribution in [0, 0.1) is 19.8 Å². The molecule has 2 aromatic rings. The minimum Gasteiger partial charge on any atom is -0.495 e. The van der Waals surface area contributed by atoms with Crippen molar-refractivity contribution in [3.05, 3.63) is 52.0 Å². The van der Waals surface area contributed by atoms with Gasteiger partial charge in [0, 0.05) is 24.7 Å². The Balaban J connectivity index is 1.73. The van der Waals surface area contributed by atoms with Crippen molar-refractivity contribution in [1.29, 1.82) is 0 Å². The van der Waals surface area contributed by atoms with Crippen LogP contribution in [0.4, 0.5) is 5.69 Å². The van der Waals surface area contributed by atoms with E-state index < -0.39 is 0 Å². The van der Waals surface area contributed by atoms with Crippen molar-refractivity contribution >= 4 is 29.1 Å². The summed E-state index contributed by atoms with van der Waals surface area (Å²) >= 11 is 6.20. The summed E-state index contributed by atoms with van der Waals surface area (Å²) in [5.74, 6) is 0.425. The number of rotatable bonds is 5. The van der Waals surface area contributed by atoms with E-state index in [1.54, 1.807) is 17.0 Å². The van der Waals surface area contributed by atoms with Crippen molar-refractivity contribution in [2.45, 2.75) is 26.7 Å². The van der Waals surface area contributed by atoms with E-state index in [0.717, 1.165) is 17.5 Å². The van der Waals surface area contributed by atoms with Crippen molar-refractivity contribution in [1.82, 2.24) is 4.90 Å². The monoisotopic (exact) mass is 430 g/mol.